The normalized spacial score (nSPS) is 12.2. The second kappa shape index (κ2) is 4.97. The number of alkyl halides is 3. The molecule has 1 aromatic heterocycles. The van der Waals surface area contributed by atoms with E-state index in [-0.39, 0.29) is 16.3 Å². The van der Waals surface area contributed by atoms with E-state index in [1.807, 2.05) is 0 Å². The zero-order valence-corrected chi connectivity index (χ0v) is 10.2. The molecule has 2 aromatic rings. The van der Waals surface area contributed by atoms with E-state index in [1.165, 1.54) is 24.4 Å². The lowest BCUT2D eigenvalue weighted by molar-refractivity contribution is -0.137. The predicted octanol–water partition coefficient (Wildman–Crippen LogP) is 3.91. The second-order valence-corrected chi connectivity index (χ2v) is 4.08. The van der Waals surface area contributed by atoms with Crippen LogP contribution >= 0.6 is 11.6 Å². The number of rotatable bonds is 2. The summed E-state index contributed by atoms with van der Waals surface area (Å²) < 4.78 is 43.4. The van der Waals surface area contributed by atoms with Crippen LogP contribution in [0.25, 0.3) is 11.3 Å². The van der Waals surface area contributed by atoms with Crippen LogP contribution < -0.4 is 5.84 Å². The Balaban J connectivity index is 2.45. The molecule has 0 fully saturated rings. The van der Waals surface area contributed by atoms with Gasteiger partial charge in [0.2, 0.25) is 0 Å². The first kappa shape index (κ1) is 13.5. The van der Waals surface area contributed by atoms with E-state index < -0.39 is 11.7 Å². The van der Waals surface area contributed by atoms with E-state index in [0.29, 0.717) is 5.76 Å². The summed E-state index contributed by atoms with van der Waals surface area (Å²) in [5.74, 6) is 5.58. The first-order valence-electron chi connectivity index (χ1n) is 5.12. The molecule has 0 amide bonds. The predicted molar refractivity (Wildman–Crippen MR) is 65.9 cm³/mol. The SMILES string of the molecule is N/N=C\c1ccc(-c2ccc(Cl)c(C(F)(F)F)c2)o1. The maximum absolute atomic E-state index is 12.7. The Morgan fingerprint density at radius 2 is 1.95 bits per heavy atom. The summed E-state index contributed by atoms with van der Waals surface area (Å²) in [5.41, 5.74) is -0.634. The van der Waals surface area contributed by atoms with Gasteiger partial charge in [0.05, 0.1) is 16.8 Å². The standard InChI is InChI=1S/C12H8ClF3N2O/c13-10-3-1-7(5-9(10)12(14,15)16)11-4-2-8(19-11)6-18-17/h1-6H,17H2/b18-6-. The van der Waals surface area contributed by atoms with E-state index in [4.69, 9.17) is 21.9 Å². The van der Waals surface area contributed by atoms with Crippen LogP contribution in [0.4, 0.5) is 13.2 Å². The number of hydrazone groups is 1. The van der Waals surface area contributed by atoms with Crippen molar-refractivity contribution in [2.45, 2.75) is 6.18 Å². The maximum Gasteiger partial charge on any atom is 0.417 e. The Bertz CT molecular complexity index is 620. The highest BCUT2D eigenvalue weighted by atomic mass is 35.5. The Labute approximate surface area is 111 Å². The highest BCUT2D eigenvalue weighted by Gasteiger charge is 2.33. The van der Waals surface area contributed by atoms with E-state index in [9.17, 15) is 13.2 Å². The lowest BCUT2D eigenvalue weighted by Crippen LogP contribution is -2.05. The smallest absolute Gasteiger partial charge is 0.417 e. The van der Waals surface area contributed by atoms with Crippen molar-refractivity contribution in [1.82, 2.24) is 0 Å². The van der Waals surface area contributed by atoms with E-state index in [1.54, 1.807) is 6.07 Å². The molecule has 1 heterocycles. The van der Waals surface area contributed by atoms with Crippen LogP contribution in [0.3, 0.4) is 0 Å². The van der Waals surface area contributed by atoms with Crippen molar-refractivity contribution in [1.29, 1.82) is 0 Å². The number of benzene rings is 1. The van der Waals surface area contributed by atoms with Crippen LogP contribution in [0.2, 0.25) is 5.02 Å². The summed E-state index contributed by atoms with van der Waals surface area (Å²) in [7, 11) is 0. The number of nitrogens with zero attached hydrogens (tertiary/aromatic N) is 1. The Morgan fingerprint density at radius 3 is 2.58 bits per heavy atom. The quantitative estimate of drug-likeness (QED) is 0.517. The van der Waals surface area contributed by atoms with Crippen molar-refractivity contribution < 1.29 is 17.6 Å². The average Bonchev–Trinajstić information content (AvgIpc) is 2.77. The van der Waals surface area contributed by atoms with Crippen molar-refractivity contribution in [2.75, 3.05) is 0 Å². The first-order valence-corrected chi connectivity index (χ1v) is 5.50. The van der Waals surface area contributed by atoms with E-state index in [0.717, 1.165) is 6.07 Å². The minimum Gasteiger partial charge on any atom is -0.455 e. The largest absolute Gasteiger partial charge is 0.455 e. The summed E-state index contributed by atoms with van der Waals surface area (Å²) in [6.07, 6.45) is -3.26. The van der Waals surface area contributed by atoms with Gasteiger partial charge in [-0.1, -0.05) is 11.6 Å². The molecule has 0 radical (unpaired) electrons. The summed E-state index contributed by atoms with van der Waals surface area (Å²) >= 11 is 5.53. The van der Waals surface area contributed by atoms with Gasteiger partial charge in [0.1, 0.15) is 11.5 Å². The summed E-state index contributed by atoms with van der Waals surface area (Å²) in [5, 5.41) is 2.91. The minimum absolute atomic E-state index is 0.272. The molecule has 0 bridgehead atoms. The topological polar surface area (TPSA) is 51.5 Å². The third kappa shape index (κ3) is 2.90. The molecule has 19 heavy (non-hydrogen) atoms. The van der Waals surface area contributed by atoms with Crippen molar-refractivity contribution >= 4 is 17.8 Å². The van der Waals surface area contributed by atoms with E-state index >= 15 is 0 Å². The minimum atomic E-state index is -4.51. The highest BCUT2D eigenvalue weighted by molar-refractivity contribution is 6.31. The van der Waals surface area contributed by atoms with Crippen molar-refractivity contribution in [3.05, 3.63) is 46.7 Å². The zero-order chi connectivity index (χ0) is 14.0. The van der Waals surface area contributed by atoms with Crippen LogP contribution in [-0.4, -0.2) is 6.21 Å². The van der Waals surface area contributed by atoms with Gasteiger partial charge in [-0.05, 0) is 30.3 Å². The van der Waals surface area contributed by atoms with Gasteiger partial charge in [0.15, 0.2) is 0 Å². The Kier molecular flexibility index (Phi) is 3.53. The van der Waals surface area contributed by atoms with Gasteiger partial charge < -0.3 is 10.3 Å². The third-order valence-corrected chi connectivity index (χ3v) is 2.71. The molecule has 0 spiro atoms. The number of hydrogen-bond donors (Lipinski definition) is 1. The van der Waals surface area contributed by atoms with Gasteiger partial charge >= 0.3 is 6.18 Å². The molecule has 0 aliphatic heterocycles. The molecular weight excluding hydrogens is 281 g/mol. The Hall–Kier alpha value is -1.95. The molecule has 0 saturated heterocycles. The number of hydrogen-bond acceptors (Lipinski definition) is 3. The molecule has 0 saturated carbocycles. The molecule has 3 nitrogen and oxygen atoms in total. The maximum atomic E-state index is 12.7. The molecule has 100 valence electrons. The molecule has 0 unspecified atom stereocenters. The first-order chi connectivity index (χ1) is 8.91. The lowest BCUT2D eigenvalue weighted by atomic mass is 10.1. The lowest BCUT2D eigenvalue weighted by Gasteiger charge is -2.09. The van der Waals surface area contributed by atoms with Crippen molar-refractivity contribution in [3.8, 4) is 11.3 Å². The second-order valence-electron chi connectivity index (χ2n) is 3.67. The monoisotopic (exact) mass is 288 g/mol. The molecular formula is C12H8ClF3N2O. The Morgan fingerprint density at radius 1 is 1.21 bits per heavy atom. The van der Waals surface area contributed by atoms with Crippen LogP contribution in [0.1, 0.15) is 11.3 Å². The molecule has 0 aliphatic carbocycles. The highest BCUT2D eigenvalue weighted by Crippen LogP contribution is 2.37. The van der Waals surface area contributed by atoms with Gasteiger partial charge in [0.25, 0.3) is 0 Å². The number of halogens is 4. The fourth-order valence-corrected chi connectivity index (χ4v) is 1.77. The van der Waals surface area contributed by atoms with Crippen LogP contribution in [0.15, 0.2) is 39.9 Å². The summed E-state index contributed by atoms with van der Waals surface area (Å²) in [6, 6.07) is 6.64. The van der Waals surface area contributed by atoms with Crippen molar-refractivity contribution in [2.24, 2.45) is 10.9 Å². The summed E-state index contributed by atoms with van der Waals surface area (Å²) in [4.78, 5) is 0. The molecule has 1 aromatic carbocycles. The van der Waals surface area contributed by atoms with Gasteiger partial charge in [-0.15, -0.1) is 0 Å². The molecule has 2 N–H and O–H groups in total. The molecule has 2 rings (SSSR count). The molecule has 0 atom stereocenters. The van der Waals surface area contributed by atoms with Crippen molar-refractivity contribution in [3.63, 3.8) is 0 Å². The molecule has 7 heteroatoms. The van der Waals surface area contributed by atoms with Crippen LogP contribution in [0, 0.1) is 0 Å². The number of nitrogens with two attached hydrogens (primary N) is 1. The average molecular weight is 289 g/mol. The van der Waals surface area contributed by atoms with Gasteiger partial charge in [0, 0.05) is 5.56 Å². The van der Waals surface area contributed by atoms with Gasteiger partial charge in [-0.25, -0.2) is 0 Å². The zero-order valence-electron chi connectivity index (χ0n) is 9.41. The molecule has 0 aliphatic rings. The van der Waals surface area contributed by atoms with E-state index in [2.05, 4.69) is 5.10 Å². The third-order valence-electron chi connectivity index (χ3n) is 2.38. The number of furan rings is 1. The fraction of sp³-hybridized carbons (Fsp3) is 0.0833. The van der Waals surface area contributed by atoms with Gasteiger partial charge in [-0.3, -0.25) is 0 Å². The van der Waals surface area contributed by atoms with Crippen LogP contribution in [-0.2, 0) is 6.18 Å². The van der Waals surface area contributed by atoms with Crippen LogP contribution in [0.5, 0.6) is 0 Å². The fourth-order valence-electron chi connectivity index (χ4n) is 1.55. The summed E-state index contributed by atoms with van der Waals surface area (Å²) in [6.45, 7) is 0. The van der Waals surface area contributed by atoms with Gasteiger partial charge in [-0.2, -0.15) is 18.3 Å².